The van der Waals surface area contributed by atoms with Gasteiger partial charge in [-0.2, -0.15) is 13.2 Å². The Bertz CT molecular complexity index is 437. The van der Waals surface area contributed by atoms with Gasteiger partial charge < -0.3 is 5.32 Å². The van der Waals surface area contributed by atoms with E-state index >= 15 is 0 Å². The average Bonchev–Trinajstić information content (AvgIpc) is 2.41. The molecule has 1 heterocycles. The fourth-order valence-corrected chi connectivity index (χ4v) is 2.44. The standard InChI is InChI=1S/C13H17Cl2F3N2/c1-3-12(4-2,7-14)8-20-11-10(15)5-9(6-19-11)13(16,17)18/h5-6H,3-4,7-8H2,1-2H3,(H,19,20). The first-order chi connectivity index (χ1) is 9.28. The van der Waals surface area contributed by atoms with Gasteiger partial charge in [-0.05, 0) is 18.9 Å². The Labute approximate surface area is 126 Å². The molecular formula is C13H17Cl2F3N2. The van der Waals surface area contributed by atoms with Gasteiger partial charge in [-0.25, -0.2) is 4.98 Å². The molecule has 20 heavy (non-hydrogen) atoms. The highest BCUT2D eigenvalue weighted by atomic mass is 35.5. The van der Waals surface area contributed by atoms with Gasteiger partial charge in [0.25, 0.3) is 0 Å². The fraction of sp³-hybridized carbons (Fsp3) is 0.615. The lowest BCUT2D eigenvalue weighted by molar-refractivity contribution is -0.137. The number of rotatable bonds is 6. The summed E-state index contributed by atoms with van der Waals surface area (Å²) >= 11 is 11.8. The molecule has 0 bridgehead atoms. The van der Waals surface area contributed by atoms with Gasteiger partial charge in [0.1, 0.15) is 5.82 Å². The SMILES string of the molecule is CCC(CC)(CCl)CNc1ncc(C(F)(F)F)cc1Cl. The van der Waals surface area contributed by atoms with E-state index in [9.17, 15) is 13.2 Å². The second kappa shape index (κ2) is 6.85. The second-order valence-electron chi connectivity index (χ2n) is 4.75. The van der Waals surface area contributed by atoms with E-state index < -0.39 is 11.7 Å². The number of aromatic nitrogens is 1. The second-order valence-corrected chi connectivity index (χ2v) is 5.42. The van der Waals surface area contributed by atoms with Crippen LogP contribution in [0.15, 0.2) is 12.3 Å². The van der Waals surface area contributed by atoms with Crippen LogP contribution in [0.4, 0.5) is 19.0 Å². The van der Waals surface area contributed by atoms with E-state index in [0.29, 0.717) is 12.4 Å². The molecule has 0 atom stereocenters. The molecule has 0 radical (unpaired) electrons. The van der Waals surface area contributed by atoms with Gasteiger partial charge in [0.2, 0.25) is 0 Å². The first kappa shape index (κ1) is 17.4. The average molecular weight is 329 g/mol. The highest BCUT2D eigenvalue weighted by Crippen LogP contribution is 2.33. The monoisotopic (exact) mass is 328 g/mol. The van der Waals surface area contributed by atoms with E-state index in [1.807, 2.05) is 13.8 Å². The van der Waals surface area contributed by atoms with Gasteiger partial charge in [-0.3, -0.25) is 0 Å². The van der Waals surface area contributed by atoms with Crippen molar-refractivity contribution >= 4 is 29.0 Å². The van der Waals surface area contributed by atoms with E-state index in [1.165, 1.54) is 0 Å². The molecule has 1 N–H and O–H groups in total. The molecule has 7 heteroatoms. The summed E-state index contributed by atoms with van der Waals surface area (Å²) in [5, 5.41) is 2.94. The van der Waals surface area contributed by atoms with Gasteiger partial charge in [0.05, 0.1) is 10.6 Å². The first-order valence-corrected chi connectivity index (χ1v) is 7.22. The van der Waals surface area contributed by atoms with Crippen LogP contribution >= 0.6 is 23.2 Å². The Morgan fingerprint density at radius 2 is 1.85 bits per heavy atom. The van der Waals surface area contributed by atoms with Crippen molar-refractivity contribution in [1.29, 1.82) is 0 Å². The Kier molecular flexibility index (Phi) is 5.95. The smallest absolute Gasteiger partial charge is 0.368 e. The van der Waals surface area contributed by atoms with E-state index in [0.717, 1.165) is 25.1 Å². The van der Waals surface area contributed by atoms with Crippen LogP contribution in [0, 0.1) is 5.41 Å². The topological polar surface area (TPSA) is 24.9 Å². The van der Waals surface area contributed by atoms with Crippen molar-refractivity contribution in [2.24, 2.45) is 5.41 Å². The maximum absolute atomic E-state index is 12.5. The van der Waals surface area contributed by atoms with Gasteiger partial charge in [-0.1, -0.05) is 25.4 Å². The summed E-state index contributed by atoms with van der Waals surface area (Å²) in [6.07, 6.45) is -1.95. The van der Waals surface area contributed by atoms with Crippen molar-refractivity contribution in [3.05, 3.63) is 22.8 Å². The first-order valence-electron chi connectivity index (χ1n) is 6.30. The Morgan fingerprint density at radius 1 is 1.25 bits per heavy atom. The number of anilines is 1. The molecule has 114 valence electrons. The van der Waals surface area contributed by atoms with Crippen LogP contribution in [0.2, 0.25) is 5.02 Å². The Balaban J connectivity index is 2.84. The molecule has 0 aliphatic heterocycles. The van der Waals surface area contributed by atoms with Crippen molar-refractivity contribution in [1.82, 2.24) is 4.98 Å². The molecule has 0 aromatic carbocycles. The molecule has 0 amide bonds. The van der Waals surface area contributed by atoms with E-state index in [-0.39, 0.29) is 16.3 Å². The fourth-order valence-electron chi connectivity index (χ4n) is 1.73. The predicted octanol–water partition coefficient (Wildman–Crippen LogP) is 5.21. The van der Waals surface area contributed by atoms with Crippen molar-refractivity contribution < 1.29 is 13.2 Å². The van der Waals surface area contributed by atoms with E-state index in [1.54, 1.807) is 0 Å². The number of hydrogen-bond acceptors (Lipinski definition) is 2. The summed E-state index contributed by atoms with van der Waals surface area (Å²) in [7, 11) is 0. The lowest BCUT2D eigenvalue weighted by atomic mass is 9.84. The maximum Gasteiger partial charge on any atom is 0.417 e. The summed E-state index contributed by atoms with van der Waals surface area (Å²) < 4.78 is 37.5. The molecule has 1 rings (SSSR count). The summed E-state index contributed by atoms with van der Waals surface area (Å²) in [6, 6.07) is 0.872. The largest absolute Gasteiger partial charge is 0.417 e. The van der Waals surface area contributed by atoms with Gasteiger partial charge in [0.15, 0.2) is 0 Å². The third kappa shape index (κ3) is 4.16. The number of nitrogens with zero attached hydrogens (tertiary/aromatic N) is 1. The van der Waals surface area contributed by atoms with Gasteiger partial charge >= 0.3 is 6.18 Å². The maximum atomic E-state index is 12.5. The number of pyridine rings is 1. The minimum absolute atomic E-state index is 0.0458. The lowest BCUT2D eigenvalue weighted by Crippen LogP contribution is -2.30. The Morgan fingerprint density at radius 3 is 2.25 bits per heavy atom. The molecular weight excluding hydrogens is 312 g/mol. The highest BCUT2D eigenvalue weighted by molar-refractivity contribution is 6.33. The van der Waals surface area contributed by atoms with Gasteiger partial charge in [-0.15, -0.1) is 11.6 Å². The normalized spacial score (nSPS) is 12.6. The molecule has 0 unspecified atom stereocenters. The molecule has 2 nitrogen and oxygen atoms in total. The predicted molar refractivity (Wildman–Crippen MR) is 76.5 cm³/mol. The molecule has 0 saturated carbocycles. The number of halogens is 5. The van der Waals surface area contributed by atoms with Crippen LogP contribution in [0.5, 0.6) is 0 Å². The number of alkyl halides is 4. The minimum atomic E-state index is -4.44. The lowest BCUT2D eigenvalue weighted by Gasteiger charge is -2.29. The number of nitrogens with one attached hydrogen (secondary N) is 1. The van der Waals surface area contributed by atoms with Gasteiger partial charge in [0, 0.05) is 24.0 Å². The minimum Gasteiger partial charge on any atom is -0.368 e. The Hall–Kier alpha value is -0.680. The summed E-state index contributed by atoms with van der Waals surface area (Å²) in [5.41, 5.74) is -0.974. The molecule has 0 saturated heterocycles. The molecule has 0 aliphatic rings. The molecule has 0 fully saturated rings. The summed E-state index contributed by atoms with van der Waals surface area (Å²) in [4.78, 5) is 3.74. The molecule has 1 aromatic heterocycles. The van der Waals surface area contributed by atoms with Crippen LogP contribution in [0.1, 0.15) is 32.3 Å². The molecule has 1 aromatic rings. The van der Waals surface area contributed by atoms with Crippen molar-refractivity contribution in [2.75, 3.05) is 17.7 Å². The van der Waals surface area contributed by atoms with E-state index in [4.69, 9.17) is 23.2 Å². The third-order valence-electron chi connectivity index (χ3n) is 3.58. The van der Waals surface area contributed by atoms with Crippen LogP contribution in [-0.2, 0) is 6.18 Å². The van der Waals surface area contributed by atoms with Crippen molar-refractivity contribution in [3.63, 3.8) is 0 Å². The van der Waals surface area contributed by atoms with E-state index in [2.05, 4.69) is 10.3 Å². The highest BCUT2D eigenvalue weighted by Gasteiger charge is 2.32. The third-order valence-corrected chi connectivity index (χ3v) is 4.44. The van der Waals surface area contributed by atoms with Crippen molar-refractivity contribution in [2.45, 2.75) is 32.9 Å². The zero-order valence-electron chi connectivity index (χ0n) is 11.3. The van der Waals surface area contributed by atoms with Crippen LogP contribution in [0.25, 0.3) is 0 Å². The van der Waals surface area contributed by atoms with Crippen LogP contribution < -0.4 is 5.32 Å². The quantitative estimate of drug-likeness (QED) is 0.725. The summed E-state index contributed by atoms with van der Waals surface area (Å²) in [5.74, 6) is 0.710. The summed E-state index contributed by atoms with van der Waals surface area (Å²) in [6.45, 7) is 4.56. The van der Waals surface area contributed by atoms with Crippen molar-refractivity contribution in [3.8, 4) is 0 Å². The zero-order chi connectivity index (χ0) is 15.4. The van der Waals surface area contributed by atoms with Crippen LogP contribution in [-0.4, -0.2) is 17.4 Å². The number of hydrogen-bond donors (Lipinski definition) is 1. The molecule has 0 aliphatic carbocycles. The molecule has 0 spiro atoms. The zero-order valence-corrected chi connectivity index (χ0v) is 12.8. The van der Waals surface area contributed by atoms with Crippen LogP contribution in [0.3, 0.4) is 0 Å².